The van der Waals surface area contributed by atoms with Gasteiger partial charge in [-0.3, -0.25) is 0 Å². The molecule has 0 atom stereocenters. The second-order valence-corrected chi connectivity index (χ2v) is 3.75. The highest BCUT2D eigenvalue weighted by Crippen LogP contribution is 2.22. The normalized spacial score (nSPS) is 9.28. The number of nitrogens with zero attached hydrogens (tertiary/aromatic N) is 2. The van der Waals surface area contributed by atoms with Crippen LogP contribution in [0.4, 0.5) is 0 Å². The highest BCUT2D eigenvalue weighted by atomic mass is 16.5. The average Bonchev–Trinajstić information content (AvgIpc) is 2.44. The minimum Gasteiger partial charge on any atom is -0.497 e. The van der Waals surface area contributed by atoms with Crippen LogP contribution in [0.2, 0.25) is 0 Å². The number of ether oxygens (including phenoxy) is 1. The summed E-state index contributed by atoms with van der Waals surface area (Å²) in [4.78, 5) is 0. The van der Waals surface area contributed by atoms with Crippen LogP contribution in [0.1, 0.15) is 5.56 Å². The van der Waals surface area contributed by atoms with Gasteiger partial charge in [0, 0.05) is 0 Å². The van der Waals surface area contributed by atoms with Crippen molar-refractivity contribution in [2.24, 2.45) is 0 Å². The maximum absolute atomic E-state index is 8.71. The Labute approximate surface area is 105 Å². The number of nitriles is 2. The Bertz CT molecular complexity index is 686. The maximum Gasteiger partial charge on any atom is 0.130 e. The Morgan fingerprint density at radius 1 is 1.06 bits per heavy atom. The predicted molar refractivity (Wildman–Crippen MR) is 69.7 cm³/mol. The van der Waals surface area contributed by atoms with Crippen LogP contribution in [0.3, 0.4) is 0 Å². The zero-order chi connectivity index (χ0) is 13.0. The molecule has 2 aromatic rings. The summed E-state index contributed by atoms with van der Waals surface area (Å²) in [5.74, 6) is 0.806. The molecule has 0 saturated carbocycles. The van der Waals surface area contributed by atoms with Gasteiger partial charge in [0.1, 0.15) is 23.5 Å². The SMILES string of the molecule is COc1ccc2cc(C=C(C#N)C#N)ccc2c1. The summed E-state index contributed by atoms with van der Waals surface area (Å²) in [7, 11) is 1.63. The lowest BCUT2D eigenvalue weighted by molar-refractivity contribution is 0.415. The van der Waals surface area contributed by atoms with E-state index in [4.69, 9.17) is 15.3 Å². The molecule has 0 bridgehead atoms. The van der Waals surface area contributed by atoms with Crippen molar-refractivity contribution in [2.45, 2.75) is 0 Å². The molecule has 0 N–H and O–H groups in total. The molecule has 0 aliphatic rings. The Hall–Kier alpha value is -2.78. The highest BCUT2D eigenvalue weighted by molar-refractivity contribution is 5.86. The number of methoxy groups -OCH3 is 1. The molecule has 0 aromatic heterocycles. The van der Waals surface area contributed by atoms with E-state index < -0.39 is 0 Å². The van der Waals surface area contributed by atoms with Crippen molar-refractivity contribution in [1.82, 2.24) is 0 Å². The van der Waals surface area contributed by atoms with Crippen molar-refractivity contribution in [2.75, 3.05) is 7.11 Å². The van der Waals surface area contributed by atoms with Crippen LogP contribution >= 0.6 is 0 Å². The molecule has 0 aliphatic carbocycles. The van der Waals surface area contributed by atoms with Gasteiger partial charge >= 0.3 is 0 Å². The molecule has 0 unspecified atom stereocenters. The third-order valence-corrected chi connectivity index (χ3v) is 2.62. The summed E-state index contributed by atoms with van der Waals surface area (Å²) < 4.78 is 5.15. The fourth-order valence-corrected chi connectivity index (χ4v) is 1.72. The van der Waals surface area contributed by atoms with Crippen LogP contribution < -0.4 is 4.74 Å². The molecule has 0 fully saturated rings. The topological polar surface area (TPSA) is 56.8 Å². The summed E-state index contributed by atoms with van der Waals surface area (Å²) in [6, 6.07) is 15.2. The first-order chi connectivity index (χ1) is 8.76. The average molecular weight is 234 g/mol. The van der Waals surface area contributed by atoms with Gasteiger partial charge in [0.25, 0.3) is 0 Å². The van der Waals surface area contributed by atoms with Crippen molar-refractivity contribution < 1.29 is 4.74 Å². The number of rotatable bonds is 2. The number of fused-ring (bicyclic) bond motifs is 1. The van der Waals surface area contributed by atoms with E-state index in [-0.39, 0.29) is 5.57 Å². The lowest BCUT2D eigenvalue weighted by Gasteiger charge is -2.03. The summed E-state index contributed by atoms with van der Waals surface area (Å²) >= 11 is 0. The fraction of sp³-hybridized carbons (Fsp3) is 0.0667. The maximum atomic E-state index is 8.71. The van der Waals surface area contributed by atoms with Crippen molar-refractivity contribution in [3.05, 3.63) is 47.5 Å². The van der Waals surface area contributed by atoms with E-state index in [1.54, 1.807) is 13.2 Å². The molecule has 18 heavy (non-hydrogen) atoms. The fourth-order valence-electron chi connectivity index (χ4n) is 1.72. The molecule has 86 valence electrons. The van der Waals surface area contributed by atoms with E-state index in [2.05, 4.69) is 0 Å². The zero-order valence-corrected chi connectivity index (χ0v) is 9.84. The lowest BCUT2D eigenvalue weighted by atomic mass is 10.1. The smallest absolute Gasteiger partial charge is 0.130 e. The van der Waals surface area contributed by atoms with E-state index >= 15 is 0 Å². The van der Waals surface area contributed by atoms with Gasteiger partial charge in [-0.1, -0.05) is 18.2 Å². The van der Waals surface area contributed by atoms with Crippen LogP contribution in [0, 0.1) is 22.7 Å². The molecule has 0 amide bonds. The van der Waals surface area contributed by atoms with Gasteiger partial charge in [-0.2, -0.15) is 10.5 Å². The first-order valence-electron chi connectivity index (χ1n) is 5.36. The van der Waals surface area contributed by atoms with Crippen LogP contribution in [-0.4, -0.2) is 7.11 Å². The molecule has 3 heteroatoms. The molecule has 3 nitrogen and oxygen atoms in total. The summed E-state index contributed by atoms with van der Waals surface area (Å²) in [6.07, 6.45) is 1.57. The van der Waals surface area contributed by atoms with Gasteiger partial charge in [0.2, 0.25) is 0 Å². The van der Waals surface area contributed by atoms with Crippen LogP contribution in [-0.2, 0) is 0 Å². The molecular formula is C15H10N2O. The predicted octanol–water partition coefficient (Wildman–Crippen LogP) is 3.28. The Balaban J connectivity index is 2.50. The second kappa shape index (κ2) is 5.03. The van der Waals surface area contributed by atoms with Crippen molar-refractivity contribution in [1.29, 1.82) is 10.5 Å². The van der Waals surface area contributed by atoms with E-state index in [9.17, 15) is 0 Å². The minimum absolute atomic E-state index is 0.0999. The van der Waals surface area contributed by atoms with Gasteiger partial charge in [-0.15, -0.1) is 0 Å². The molecular weight excluding hydrogens is 224 g/mol. The number of allylic oxidation sites excluding steroid dienone is 1. The van der Waals surface area contributed by atoms with E-state index in [1.165, 1.54) is 0 Å². The van der Waals surface area contributed by atoms with Gasteiger partial charge in [0.15, 0.2) is 0 Å². The van der Waals surface area contributed by atoms with Crippen LogP contribution in [0.15, 0.2) is 42.0 Å². The zero-order valence-electron chi connectivity index (χ0n) is 9.84. The highest BCUT2D eigenvalue weighted by Gasteiger charge is 1.99. The number of benzene rings is 2. The van der Waals surface area contributed by atoms with Gasteiger partial charge < -0.3 is 4.74 Å². The largest absolute Gasteiger partial charge is 0.497 e. The molecule has 0 radical (unpaired) electrons. The number of hydrogen-bond donors (Lipinski definition) is 0. The lowest BCUT2D eigenvalue weighted by Crippen LogP contribution is -1.83. The quantitative estimate of drug-likeness (QED) is 0.749. The third-order valence-electron chi connectivity index (χ3n) is 2.62. The van der Waals surface area contributed by atoms with Crippen molar-refractivity contribution >= 4 is 16.8 Å². The Morgan fingerprint density at radius 2 is 1.72 bits per heavy atom. The van der Waals surface area contributed by atoms with Crippen LogP contribution in [0.5, 0.6) is 5.75 Å². The van der Waals surface area contributed by atoms with Crippen molar-refractivity contribution in [3.8, 4) is 17.9 Å². The van der Waals surface area contributed by atoms with Crippen molar-refractivity contribution in [3.63, 3.8) is 0 Å². The van der Waals surface area contributed by atoms with Gasteiger partial charge in [-0.05, 0) is 40.6 Å². The molecule has 0 saturated heterocycles. The van der Waals surface area contributed by atoms with Gasteiger partial charge in [-0.25, -0.2) is 0 Å². The molecule has 2 aromatic carbocycles. The summed E-state index contributed by atoms with van der Waals surface area (Å²) in [6.45, 7) is 0. The van der Waals surface area contributed by atoms with E-state index in [0.29, 0.717) is 0 Å². The molecule has 0 aliphatic heterocycles. The standard InChI is InChI=1S/C15H10N2O/c1-18-15-5-4-13-7-11(2-3-14(13)8-15)6-12(9-16)10-17/h2-8H,1H3. The minimum atomic E-state index is 0.0999. The van der Waals surface area contributed by atoms with Crippen LogP contribution in [0.25, 0.3) is 16.8 Å². The monoisotopic (exact) mass is 234 g/mol. The molecule has 0 heterocycles. The Kier molecular flexibility index (Phi) is 3.27. The summed E-state index contributed by atoms with van der Waals surface area (Å²) in [5, 5.41) is 19.5. The molecule has 0 spiro atoms. The first kappa shape index (κ1) is 11.7. The van der Waals surface area contributed by atoms with E-state index in [0.717, 1.165) is 22.1 Å². The third kappa shape index (κ3) is 2.31. The first-order valence-corrected chi connectivity index (χ1v) is 5.36. The summed E-state index contributed by atoms with van der Waals surface area (Å²) in [5.41, 5.74) is 0.939. The second-order valence-electron chi connectivity index (χ2n) is 3.75. The van der Waals surface area contributed by atoms with E-state index in [1.807, 2.05) is 48.5 Å². The molecule has 2 rings (SSSR count). The number of hydrogen-bond acceptors (Lipinski definition) is 3. The Morgan fingerprint density at radius 3 is 2.39 bits per heavy atom. The van der Waals surface area contributed by atoms with Gasteiger partial charge in [0.05, 0.1) is 7.11 Å².